The van der Waals surface area contributed by atoms with Crippen molar-refractivity contribution in [3.05, 3.63) is 55.5 Å². The van der Waals surface area contributed by atoms with Gasteiger partial charge in [0.25, 0.3) is 0 Å². The van der Waals surface area contributed by atoms with Gasteiger partial charge >= 0.3 is 0 Å². The fraction of sp³-hybridized carbons (Fsp3) is 0.368. The van der Waals surface area contributed by atoms with Crippen LogP contribution in [0, 0.1) is 0 Å². The number of rotatable bonds is 0. The zero-order valence-corrected chi connectivity index (χ0v) is 16.4. The third kappa shape index (κ3) is 3.68. The molecule has 0 radical (unpaired) electrons. The summed E-state index contributed by atoms with van der Waals surface area (Å²) >= 11 is 25.3. The predicted molar refractivity (Wildman–Crippen MR) is 103 cm³/mol. The molecule has 1 unspecified atom stereocenters. The van der Waals surface area contributed by atoms with Gasteiger partial charge in [-0.3, -0.25) is 0 Å². The van der Waals surface area contributed by atoms with Crippen LogP contribution >= 0.6 is 46.4 Å². The van der Waals surface area contributed by atoms with E-state index in [2.05, 4.69) is 0 Å². The van der Waals surface area contributed by atoms with E-state index in [1.165, 1.54) is 0 Å². The minimum atomic E-state index is -0.0221. The molecule has 2 aromatic carbocycles. The highest BCUT2D eigenvalue weighted by atomic mass is 35.5. The van der Waals surface area contributed by atoms with Crippen LogP contribution in [-0.4, -0.2) is 12.2 Å². The van der Waals surface area contributed by atoms with Crippen LogP contribution in [0.4, 0.5) is 0 Å². The average Bonchev–Trinajstić information content (AvgIpc) is 2.65. The first-order valence-corrected chi connectivity index (χ1v) is 9.80. The van der Waals surface area contributed by atoms with E-state index >= 15 is 0 Å². The topological polar surface area (TPSA) is 18.5 Å². The molecule has 0 saturated carbocycles. The Kier molecular flexibility index (Phi) is 4.98. The van der Waals surface area contributed by atoms with E-state index < -0.39 is 0 Å². The number of hydrogen-bond acceptors (Lipinski definition) is 2. The first-order chi connectivity index (χ1) is 12.0. The van der Waals surface area contributed by atoms with Crippen LogP contribution in [0.25, 0.3) is 0 Å². The number of hydrogen-bond donors (Lipinski definition) is 0. The first kappa shape index (κ1) is 17.6. The summed E-state index contributed by atoms with van der Waals surface area (Å²) in [7, 11) is 0. The number of benzene rings is 2. The standard InChI is InChI=1S/C19H16Cl4O2/c20-10-5-17(23)15-9-13-3-1-2-12(24-18(15)6-10)8-14-16(22)4-11(21)7-19(14)25-13/h4-7,12-13H,1-3,8-9H2/t12-,13?/m1/s1. The van der Waals surface area contributed by atoms with Gasteiger partial charge in [0.1, 0.15) is 23.7 Å². The van der Waals surface area contributed by atoms with Crippen molar-refractivity contribution in [1.82, 2.24) is 0 Å². The van der Waals surface area contributed by atoms with E-state index in [0.717, 1.165) is 41.9 Å². The maximum absolute atomic E-state index is 6.45. The van der Waals surface area contributed by atoms with Crippen LogP contribution in [0.15, 0.2) is 24.3 Å². The molecule has 0 spiro atoms. The van der Waals surface area contributed by atoms with Crippen LogP contribution in [0.2, 0.25) is 20.1 Å². The molecule has 0 N–H and O–H groups in total. The smallest absolute Gasteiger partial charge is 0.126 e. The molecule has 2 bridgehead atoms. The van der Waals surface area contributed by atoms with Crippen molar-refractivity contribution in [1.29, 1.82) is 0 Å². The Morgan fingerprint density at radius 2 is 1.12 bits per heavy atom. The average molecular weight is 418 g/mol. The van der Waals surface area contributed by atoms with Crippen molar-refractivity contribution in [2.45, 2.75) is 44.3 Å². The van der Waals surface area contributed by atoms with Gasteiger partial charge in [-0.15, -0.1) is 0 Å². The quantitative estimate of drug-likeness (QED) is 0.470. The summed E-state index contributed by atoms with van der Waals surface area (Å²) in [6, 6.07) is 7.18. The van der Waals surface area contributed by atoms with Crippen molar-refractivity contribution in [2.24, 2.45) is 0 Å². The number of halogens is 4. The van der Waals surface area contributed by atoms with E-state index in [0.29, 0.717) is 32.9 Å². The zero-order valence-electron chi connectivity index (χ0n) is 13.3. The largest absolute Gasteiger partial charge is 0.490 e. The Bertz CT molecular complexity index is 754. The van der Waals surface area contributed by atoms with Crippen LogP contribution in [0.5, 0.6) is 11.5 Å². The van der Waals surface area contributed by atoms with Crippen LogP contribution in [-0.2, 0) is 12.8 Å². The summed E-state index contributed by atoms with van der Waals surface area (Å²) in [4.78, 5) is 0. The highest BCUT2D eigenvalue weighted by Gasteiger charge is 2.28. The molecular weight excluding hydrogens is 402 g/mol. The van der Waals surface area contributed by atoms with Crippen LogP contribution < -0.4 is 9.47 Å². The normalized spacial score (nSPS) is 22.2. The number of ether oxygens (including phenoxy) is 2. The molecule has 0 aromatic heterocycles. The van der Waals surface area contributed by atoms with E-state index in [1.807, 2.05) is 12.1 Å². The van der Waals surface area contributed by atoms with Gasteiger partial charge in [-0.25, -0.2) is 0 Å². The fourth-order valence-corrected chi connectivity index (χ4v) is 4.66. The Morgan fingerprint density at radius 3 is 1.56 bits per heavy atom. The van der Waals surface area contributed by atoms with Crippen LogP contribution in [0.3, 0.4) is 0 Å². The lowest BCUT2D eigenvalue weighted by molar-refractivity contribution is 0.187. The summed E-state index contributed by atoms with van der Waals surface area (Å²) in [5, 5.41) is 2.37. The molecule has 0 amide bonds. The molecule has 0 saturated heterocycles. The second-order valence-electron chi connectivity index (χ2n) is 6.55. The Morgan fingerprint density at radius 1 is 0.680 bits per heavy atom. The summed E-state index contributed by atoms with van der Waals surface area (Å²) in [6.07, 6.45) is 4.11. The molecule has 132 valence electrons. The van der Waals surface area contributed by atoms with Gasteiger partial charge in [0, 0.05) is 44.1 Å². The maximum atomic E-state index is 6.45. The molecule has 2 aliphatic rings. The van der Waals surface area contributed by atoms with Gasteiger partial charge in [-0.2, -0.15) is 0 Å². The molecule has 4 rings (SSSR count). The minimum Gasteiger partial charge on any atom is -0.490 e. The molecule has 2 atom stereocenters. The molecule has 2 aliphatic heterocycles. The summed E-state index contributed by atoms with van der Waals surface area (Å²) in [5.74, 6) is 1.48. The van der Waals surface area contributed by atoms with E-state index in [9.17, 15) is 0 Å². The van der Waals surface area contributed by atoms with Crippen molar-refractivity contribution >= 4 is 46.4 Å². The molecular formula is C19H16Cl4O2. The SMILES string of the molecule is Clc1cc(Cl)c2c(c1)OC1CCC[C@H](C2)Oc2cc(Cl)cc(Cl)c2C1. The van der Waals surface area contributed by atoms with E-state index in [-0.39, 0.29) is 12.2 Å². The van der Waals surface area contributed by atoms with Gasteiger partial charge in [-0.1, -0.05) is 46.4 Å². The summed E-state index contributed by atoms with van der Waals surface area (Å²) < 4.78 is 12.7. The van der Waals surface area contributed by atoms with Gasteiger partial charge in [-0.05, 0) is 43.5 Å². The first-order valence-electron chi connectivity index (χ1n) is 8.29. The molecule has 0 aliphatic carbocycles. The summed E-state index contributed by atoms with van der Waals surface area (Å²) in [6.45, 7) is 0. The minimum absolute atomic E-state index is 0.0221. The van der Waals surface area contributed by atoms with Gasteiger partial charge in [0.2, 0.25) is 0 Å². The van der Waals surface area contributed by atoms with Crippen molar-refractivity contribution < 1.29 is 9.47 Å². The van der Waals surface area contributed by atoms with Gasteiger partial charge in [0.15, 0.2) is 0 Å². The molecule has 0 fully saturated rings. The monoisotopic (exact) mass is 416 g/mol. The third-order valence-corrected chi connectivity index (χ3v) is 5.85. The Labute approximate surface area is 166 Å². The second-order valence-corrected chi connectivity index (χ2v) is 8.23. The van der Waals surface area contributed by atoms with Crippen molar-refractivity contribution in [3.63, 3.8) is 0 Å². The van der Waals surface area contributed by atoms with E-state index in [4.69, 9.17) is 55.9 Å². The lowest BCUT2D eigenvalue weighted by Crippen LogP contribution is -2.23. The lowest BCUT2D eigenvalue weighted by Gasteiger charge is -2.26. The molecule has 6 heteroatoms. The Balaban J connectivity index is 1.83. The molecule has 25 heavy (non-hydrogen) atoms. The van der Waals surface area contributed by atoms with Crippen molar-refractivity contribution in [2.75, 3.05) is 0 Å². The summed E-state index contributed by atoms with van der Waals surface area (Å²) in [5.41, 5.74) is 1.89. The highest BCUT2D eigenvalue weighted by Crippen LogP contribution is 2.40. The number of fused-ring (bicyclic) bond motifs is 6. The predicted octanol–water partition coefficient (Wildman–Crippen LogP) is 6.78. The Hall–Kier alpha value is -0.800. The second kappa shape index (κ2) is 7.08. The maximum Gasteiger partial charge on any atom is 0.126 e. The molecule has 2 nitrogen and oxygen atoms in total. The van der Waals surface area contributed by atoms with Gasteiger partial charge < -0.3 is 9.47 Å². The van der Waals surface area contributed by atoms with Crippen molar-refractivity contribution in [3.8, 4) is 11.5 Å². The fourth-order valence-electron chi connectivity index (χ4n) is 3.56. The van der Waals surface area contributed by atoms with E-state index in [1.54, 1.807) is 12.1 Å². The lowest BCUT2D eigenvalue weighted by atomic mass is 10.0. The third-order valence-electron chi connectivity index (χ3n) is 4.74. The molecule has 2 heterocycles. The zero-order chi connectivity index (χ0) is 17.6. The van der Waals surface area contributed by atoms with Crippen LogP contribution in [0.1, 0.15) is 30.4 Å². The molecule has 2 aromatic rings. The highest BCUT2D eigenvalue weighted by molar-refractivity contribution is 6.36. The van der Waals surface area contributed by atoms with Gasteiger partial charge in [0.05, 0.1) is 0 Å².